The number of nitrogens with zero attached hydrogens (tertiary/aromatic N) is 2. The third-order valence-corrected chi connectivity index (χ3v) is 6.91. The first kappa shape index (κ1) is 25.8. The first-order valence-corrected chi connectivity index (χ1v) is 13.5. The van der Waals surface area contributed by atoms with Crippen LogP contribution in [0, 0.1) is 0 Å². The largest absolute Gasteiger partial charge is 0.462 e. The standard InChI is InChI=1S/C34H28N4O3/c1-2-41-34(40)26-15-18-28-29(21-26)37-33(39)30(28)31(24-11-7-4-8-12-24)36-27-16-13-25(14-17-27)32-35-19-20-38(32)22-23-9-5-3-6-10-23/h3-21,36H,2,22H2,1H3,(H,37,39)/b31-30-. The highest BCUT2D eigenvalue weighted by atomic mass is 16.5. The first-order chi connectivity index (χ1) is 20.1. The van der Waals surface area contributed by atoms with Crippen LogP contribution < -0.4 is 10.6 Å². The normalized spacial score (nSPS) is 13.3. The van der Waals surface area contributed by atoms with Crippen LogP contribution in [0.4, 0.5) is 11.4 Å². The third kappa shape index (κ3) is 5.38. The molecule has 41 heavy (non-hydrogen) atoms. The van der Waals surface area contributed by atoms with E-state index in [1.807, 2.05) is 85.2 Å². The van der Waals surface area contributed by atoms with Gasteiger partial charge in [0.15, 0.2) is 0 Å². The summed E-state index contributed by atoms with van der Waals surface area (Å²) in [7, 11) is 0. The second kappa shape index (κ2) is 11.4. The van der Waals surface area contributed by atoms with E-state index in [-0.39, 0.29) is 12.5 Å². The van der Waals surface area contributed by atoms with Crippen LogP contribution in [0.5, 0.6) is 0 Å². The Bertz CT molecular complexity index is 1740. The second-order valence-electron chi connectivity index (χ2n) is 9.62. The molecule has 2 heterocycles. The number of nitrogens with one attached hydrogen (secondary N) is 2. The van der Waals surface area contributed by atoms with Gasteiger partial charge in [0, 0.05) is 35.8 Å². The zero-order valence-electron chi connectivity index (χ0n) is 22.5. The molecule has 5 aromatic rings. The van der Waals surface area contributed by atoms with Gasteiger partial charge in [0.2, 0.25) is 0 Å². The average molecular weight is 541 g/mol. The maximum atomic E-state index is 13.3. The van der Waals surface area contributed by atoms with Gasteiger partial charge >= 0.3 is 5.97 Å². The van der Waals surface area contributed by atoms with Gasteiger partial charge < -0.3 is 19.9 Å². The fourth-order valence-corrected chi connectivity index (χ4v) is 4.97. The minimum Gasteiger partial charge on any atom is -0.462 e. The molecule has 0 spiro atoms. The first-order valence-electron chi connectivity index (χ1n) is 13.5. The van der Waals surface area contributed by atoms with Crippen molar-refractivity contribution in [2.45, 2.75) is 13.5 Å². The molecule has 1 aromatic heterocycles. The summed E-state index contributed by atoms with van der Waals surface area (Å²) >= 11 is 0. The molecule has 1 amide bonds. The molecule has 0 atom stereocenters. The quantitative estimate of drug-likeness (QED) is 0.169. The van der Waals surface area contributed by atoms with E-state index >= 15 is 0 Å². The Morgan fingerprint density at radius 2 is 1.63 bits per heavy atom. The lowest BCUT2D eigenvalue weighted by atomic mass is 9.99. The lowest BCUT2D eigenvalue weighted by molar-refractivity contribution is -0.110. The molecule has 7 nitrogen and oxygen atoms in total. The highest BCUT2D eigenvalue weighted by Gasteiger charge is 2.29. The van der Waals surface area contributed by atoms with Gasteiger partial charge in [-0.2, -0.15) is 0 Å². The number of imidazole rings is 1. The fourth-order valence-electron chi connectivity index (χ4n) is 4.97. The predicted molar refractivity (Wildman–Crippen MR) is 161 cm³/mol. The lowest BCUT2D eigenvalue weighted by Gasteiger charge is -2.15. The number of aromatic nitrogens is 2. The van der Waals surface area contributed by atoms with Crippen molar-refractivity contribution < 1.29 is 14.3 Å². The summed E-state index contributed by atoms with van der Waals surface area (Å²) in [5.41, 5.74) is 6.73. The van der Waals surface area contributed by atoms with E-state index in [1.165, 1.54) is 5.56 Å². The number of carbonyl (C=O) groups is 2. The summed E-state index contributed by atoms with van der Waals surface area (Å²) in [6, 6.07) is 33.2. The molecule has 6 rings (SSSR count). The van der Waals surface area contributed by atoms with Gasteiger partial charge in [0.25, 0.3) is 5.91 Å². The predicted octanol–water partition coefficient (Wildman–Crippen LogP) is 6.71. The van der Waals surface area contributed by atoms with E-state index in [4.69, 9.17) is 4.74 Å². The number of fused-ring (bicyclic) bond motifs is 1. The molecule has 0 fully saturated rings. The average Bonchev–Trinajstić information content (AvgIpc) is 3.60. The Balaban J connectivity index is 1.33. The number of ether oxygens (including phenoxy) is 1. The maximum Gasteiger partial charge on any atom is 0.338 e. The van der Waals surface area contributed by atoms with Gasteiger partial charge in [0.05, 0.1) is 29.1 Å². The number of amides is 1. The topological polar surface area (TPSA) is 85.2 Å². The smallest absolute Gasteiger partial charge is 0.338 e. The molecule has 202 valence electrons. The zero-order chi connectivity index (χ0) is 28.2. The fraction of sp³-hybridized carbons (Fsp3) is 0.0882. The van der Waals surface area contributed by atoms with Crippen LogP contribution in [0.15, 0.2) is 116 Å². The van der Waals surface area contributed by atoms with E-state index in [0.717, 1.165) is 29.2 Å². The molecule has 0 saturated heterocycles. The summed E-state index contributed by atoms with van der Waals surface area (Å²) in [5.74, 6) is 0.211. The molecule has 2 N–H and O–H groups in total. The van der Waals surface area contributed by atoms with Crippen LogP contribution in [0.2, 0.25) is 0 Å². The van der Waals surface area contributed by atoms with Crippen LogP contribution in [-0.4, -0.2) is 28.0 Å². The summed E-state index contributed by atoms with van der Waals surface area (Å²) in [6.45, 7) is 2.77. The molecule has 0 bridgehead atoms. The number of carbonyl (C=O) groups excluding carboxylic acids is 2. The monoisotopic (exact) mass is 540 g/mol. The van der Waals surface area contributed by atoms with Crippen molar-refractivity contribution in [3.05, 3.63) is 138 Å². The molecule has 4 aromatic carbocycles. The zero-order valence-corrected chi connectivity index (χ0v) is 22.5. The van der Waals surface area contributed by atoms with Crippen molar-refractivity contribution in [1.82, 2.24) is 9.55 Å². The maximum absolute atomic E-state index is 13.3. The molecule has 0 unspecified atom stereocenters. The van der Waals surface area contributed by atoms with E-state index in [9.17, 15) is 9.59 Å². The molecule has 1 aliphatic heterocycles. The molecular weight excluding hydrogens is 512 g/mol. The van der Waals surface area contributed by atoms with Crippen molar-refractivity contribution in [3.8, 4) is 11.4 Å². The Kier molecular flexibility index (Phi) is 7.15. The van der Waals surface area contributed by atoms with Gasteiger partial charge in [-0.3, -0.25) is 4.79 Å². The molecule has 1 aliphatic rings. The number of rotatable bonds is 8. The minimum atomic E-state index is -0.423. The Morgan fingerprint density at radius 3 is 2.37 bits per heavy atom. The molecule has 0 aliphatic carbocycles. The van der Waals surface area contributed by atoms with Crippen molar-refractivity contribution in [1.29, 1.82) is 0 Å². The number of hydrogen-bond acceptors (Lipinski definition) is 5. The van der Waals surface area contributed by atoms with Crippen LogP contribution in [0.3, 0.4) is 0 Å². The van der Waals surface area contributed by atoms with Gasteiger partial charge in [-0.1, -0.05) is 66.7 Å². The Labute approximate surface area is 238 Å². The Hall–Kier alpha value is -5.43. The molecule has 0 saturated carbocycles. The second-order valence-corrected chi connectivity index (χ2v) is 9.62. The summed E-state index contributed by atoms with van der Waals surface area (Å²) in [5, 5.41) is 6.41. The number of benzene rings is 4. The van der Waals surface area contributed by atoms with Gasteiger partial charge in [-0.15, -0.1) is 0 Å². The van der Waals surface area contributed by atoms with Crippen molar-refractivity contribution in [2.75, 3.05) is 17.2 Å². The third-order valence-electron chi connectivity index (χ3n) is 6.91. The summed E-state index contributed by atoms with van der Waals surface area (Å²) in [6.07, 6.45) is 3.79. The van der Waals surface area contributed by atoms with Crippen molar-refractivity contribution in [3.63, 3.8) is 0 Å². The van der Waals surface area contributed by atoms with Crippen LogP contribution >= 0.6 is 0 Å². The van der Waals surface area contributed by atoms with E-state index in [0.29, 0.717) is 28.1 Å². The minimum absolute atomic E-state index is 0.244. The van der Waals surface area contributed by atoms with E-state index in [1.54, 1.807) is 25.1 Å². The Morgan fingerprint density at radius 1 is 0.902 bits per heavy atom. The van der Waals surface area contributed by atoms with Crippen LogP contribution in [0.25, 0.3) is 22.7 Å². The van der Waals surface area contributed by atoms with Crippen molar-refractivity contribution >= 4 is 34.5 Å². The number of hydrogen-bond donors (Lipinski definition) is 2. The van der Waals surface area contributed by atoms with Gasteiger partial charge in [-0.05, 0) is 54.4 Å². The van der Waals surface area contributed by atoms with Crippen LogP contribution in [-0.2, 0) is 16.1 Å². The highest BCUT2D eigenvalue weighted by Crippen LogP contribution is 2.38. The molecule has 7 heteroatoms. The SMILES string of the molecule is CCOC(=O)c1ccc2c(c1)NC(=O)/C2=C(\Nc1ccc(-c2nccn2Cc2ccccc2)cc1)c1ccccc1. The van der Waals surface area contributed by atoms with Crippen LogP contribution in [0.1, 0.15) is 34.0 Å². The molecular formula is C34H28N4O3. The van der Waals surface area contributed by atoms with Crippen molar-refractivity contribution in [2.24, 2.45) is 0 Å². The van der Waals surface area contributed by atoms with E-state index < -0.39 is 5.97 Å². The summed E-state index contributed by atoms with van der Waals surface area (Å²) in [4.78, 5) is 30.2. The van der Waals surface area contributed by atoms with E-state index in [2.05, 4.69) is 32.3 Å². The lowest BCUT2D eigenvalue weighted by Crippen LogP contribution is -2.10. The van der Waals surface area contributed by atoms with Gasteiger partial charge in [-0.25, -0.2) is 9.78 Å². The molecule has 0 radical (unpaired) electrons. The highest BCUT2D eigenvalue weighted by molar-refractivity contribution is 6.37. The van der Waals surface area contributed by atoms with Gasteiger partial charge in [0.1, 0.15) is 5.82 Å². The number of anilines is 2. The summed E-state index contributed by atoms with van der Waals surface area (Å²) < 4.78 is 7.25. The number of esters is 1.